The van der Waals surface area contributed by atoms with E-state index < -0.39 is 16.1 Å². The molecule has 1 aliphatic carbocycles. The molecule has 2 heterocycles. The molecule has 1 aromatic heterocycles. The number of carboxylic acid groups (broad SMARTS) is 1. The van der Waals surface area contributed by atoms with Crippen molar-refractivity contribution >= 4 is 32.9 Å². The molecule has 1 saturated carbocycles. The number of hydrogen-bond acceptors (Lipinski definition) is 4. The fourth-order valence-electron chi connectivity index (χ4n) is 6.45. The van der Waals surface area contributed by atoms with Crippen LogP contribution in [0, 0.1) is 12.8 Å². The highest BCUT2D eigenvalue weighted by Crippen LogP contribution is 2.33. The lowest BCUT2D eigenvalue weighted by atomic mass is 9.85. The van der Waals surface area contributed by atoms with E-state index in [9.17, 15) is 23.1 Å². The first kappa shape index (κ1) is 28.9. The van der Waals surface area contributed by atoms with Gasteiger partial charge in [0.15, 0.2) is 0 Å². The van der Waals surface area contributed by atoms with E-state index in [4.69, 9.17) is 0 Å². The van der Waals surface area contributed by atoms with Gasteiger partial charge in [-0.3, -0.25) is 4.79 Å². The number of sulfonamides is 1. The summed E-state index contributed by atoms with van der Waals surface area (Å²) in [5.74, 6) is -0.208. The number of nitrogens with one attached hydrogen (secondary N) is 2. The largest absolute Gasteiger partial charge is 0.465 e. The topological polar surface area (TPSA) is 123 Å². The summed E-state index contributed by atoms with van der Waals surface area (Å²) in [6.45, 7) is 2.89. The van der Waals surface area contributed by atoms with Gasteiger partial charge in [-0.05, 0) is 61.9 Å². The Kier molecular flexibility index (Phi) is 7.98. The molecule has 1 atom stereocenters. The second-order valence-corrected chi connectivity index (χ2v) is 13.3. The third-order valence-electron chi connectivity index (χ3n) is 8.86. The molecule has 2 aliphatic rings. The van der Waals surface area contributed by atoms with E-state index in [-0.39, 0.29) is 41.9 Å². The molecule has 2 amide bonds. The van der Waals surface area contributed by atoms with Crippen molar-refractivity contribution in [3.63, 3.8) is 0 Å². The lowest BCUT2D eigenvalue weighted by Crippen LogP contribution is -2.53. The third-order valence-corrected chi connectivity index (χ3v) is 10.4. The summed E-state index contributed by atoms with van der Waals surface area (Å²) in [6.07, 6.45) is 1.28. The molecule has 4 aromatic rings. The van der Waals surface area contributed by atoms with E-state index >= 15 is 0 Å². The number of amides is 2. The average molecular weight is 601 g/mol. The molecule has 43 heavy (non-hydrogen) atoms. The smallest absolute Gasteiger partial charge is 0.407 e. The zero-order valence-electron chi connectivity index (χ0n) is 24.1. The number of carbonyl (C=O) groups excluding carboxylic acids is 1. The molecule has 6 rings (SSSR count). The second-order valence-electron chi connectivity index (χ2n) is 11.6. The minimum atomic E-state index is -3.76. The summed E-state index contributed by atoms with van der Waals surface area (Å²) in [7, 11) is -3.76. The minimum Gasteiger partial charge on any atom is -0.465 e. The van der Waals surface area contributed by atoms with Crippen LogP contribution in [0.25, 0.3) is 22.2 Å². The third kappa shape index (κ3) is 6.03. The van der Waals surface area contributed by atoms with E-state index in [0.29, 0.717) is 32.2 Å². The average Bonchev–Trinajstić information content (AvgIpc) is 3.45. The summed E-state index contributed by atoms with van der Waals surface area (Å²) < 4.78 is 29.6. The van der Waals surface area contributed by atoms with Crippen LogP contribution in [-0.2, 0) is 14.8 Å². The highest BCUT2D eigenvalue weighted by molar-refractivity contribution is 7.89. The lowest BCUT2D eigenvalue weighted by Gasteiger charge is -2.43. The van der Waals surface area contributed by atoms with Crippen molar-refractivity contribution in [1.29, 1.82) is 0 Å². The van der Waals surface area contributed by atoms with Crippen LogP contribution in [0.15, 0.2) is 83.8 Å². The first-order valence-electron chi connectivity index (χ1n) is 14.7. The Morgan fingerprint density at radius 1 is 0.907 bits per heavy atom. The Morgan fingerprint density at radius 2 is 1.63 bits per heavy atom. The highest BCUT2D eigenvalue weighted by atomic mass is 32.2. The SMILES string of the molecule is Cc1ccccc1-c1cc2ccc(S(=O)(=O)N[C@H]3CC[C@H](C(=O)N4CCN(C(=O)O)C[C@@H]4c4ccccc4)CC3)cc2[nH]1. The van der Waals surface area contributed by atoms with Crippen molar-refractivity contribution in [2.45, 2.75) is 49.6 Å². The van der Waals surface area contributed by atoms with Crippen LogP contribution in [0.5, 0.6) is 0 Å². The van der Waals surface area contributed by atoms with E-state index in [1.807, 2.05) is 78.6 Å². The van der Waals surface area contributed by atoms with Gasteiger partial charge in [-0.15, -0.1) is 0 Å². The number of benzene rings is 3. The predicted octanol–water partition coefficient (Wildman–Crippen LogP) is 5.54. The summed E-state index contributed by atoms with van der Waals surface area (Å²) in [5, 5.41) is 10.5. The standard InChI is InChI=1S/C33H36N4O5S/c1-22-7-5-6-10-28(22)30-19-25-13-16-27(20-29(25)34-30)43(41,42)35-26-14-11-24(12-15-26)32(38)37-18-17-36(33(39)40)21-31(37)23-8-3-2-4-9-23/h2-10,13,16,19-20,24,26,31,34-35H,11-12,14-15,17-18,21H2,1H3,(H,39,40)/t24-,26-,31-/m1/s1. The molecule has 9 nitrogen and oxygen atoms in total. The Labute approximate surface area is 251 Å². The van der Waals surface area contributed by atoms with Crippen LogP contribution in [0.2, 0.25) is 0 Å². The first-order chi connectivity index (χ1) is 20.7. The minimum absolute atomic E-state index is 0.0156. The summed E-state index contributed by atoms with van der Waals surface area (Å²) in [4.78, 5) is 32.1. The van der Waals surface area contributed by atoms with Gasteiger partial charge in [-0.25, -0.2) is 17.9 Å². The van der Waals surface area contributed by atoms with Gasteiger partial charge >= 0.3 is 6.09 Å². The maximum Gasteiger partial charge on any atom is 0.407 e. The van der Waals surface area contributed by atoms with Crippen LogP contribution in [0.1, 0.15) is 42.9 Å². The Hall–Kier alpha value is -4.15. The van der Waals surface area contributed by atoms with Gasteiger partial charge in [0, 0.05) is 53.8 Å². The van der Waals surface area contributed by atoms with Crippen molar-refractivity contribution in [2.24, 2.45) is 5.92 Å². The molecule has 0 spiro atoms. The monoisotopic (exact) mass is 600 g/mol. The van der Waals surface area contributed by atoms with Crippen LogP contribution >= 0.6 is 0 Å². The number of aromatic nitrogens is 1. The Bertz CT molecular complexity index is 1750. The van der Waals surface area contributed by atoms with Gasteiger partial charge in [-0.1, -0.05) is 60.7 Å². The number of rotatable bonds is 6. The molecule has 2 fully saturated rings. The Balaban J connectivity index is 1.11. The van der Waals surface area contributed by atoms with Gasteiger partial charge in [0.25, 0.3) is 0 Å². The number of aryl methyl sites for hydroxylation is 1. The quantitative estimate of drug-likeness (QED) is 0.268. The number of H-pyrrole nitrogens is 1. The molecule has 10 heteroatoms. The zero-order chi connectivity index (χ0) is 30.1. The summed E-state index contributed by atoms with van der Waals surface area (Å²) in [5.41, 5.74) is 4.82. The van der Waals surface area contributed by atoms with Gasteiger partial charge in [0.1, 0.15) is 0 Å². The van der Waals surface area contributed by atoms with Crippen LogP contribution in [-0.4, -0.2) is 66.0 Å². The van der Waals surface area contributed by atoms with E-state index in [1.54, 1.807) is 12.1 Å². The normalized spacial score (nSPS) is 21.2. The fourth-order valence-corrected chi connectivity index (χ4v) is 7.79. The molecule has 0 unspecified atom stereocenters. The molecule has 1 aliphatic heterocycles. The van der Waals surface area contributed by atoms with E-state index in [1.165, 1.54) is 4.90 Å². The maximum absolute atomic E-state index is 13.7. The number of hydrogen-bond donors (Lipinski definition) is 3. The van der Waals surface area contributed by atoms with Crippen molar-refractivity contribution in [2.75, 3.05) is 19.6 Å². The van der Waals surface area contributed by atoms with Crippen LogP contribution in [0.3, 0.4) is 0 Å². The number of aromatic amines is 1. The van der Waals surface area contributed by atoms with E-state index in [2.05, 4.69) is 9.71 Å². The molecule has 0 radical (unpaired) electrons. The lowest BCUT2D eigenvalue weighted by molar-refractivity contribution is -0.141. The van der Waals surface area contributed by atoms with Crippen molar-refractivity contribution in [3.8, 4) is 11.3 Å². The Morgan fingerprint density at radius 3 is 2.35 bits per heavy atom. The van der Waals surface area contributed by atoms with E-state index in [0.717, 1.165) is 33.3 Å². The molecule has 3 aromatic carbocycles. The summed E-state index contributed by atoms with van der Waals surface area (Å²) in [6, 6.07) is 24.2. The van der Waals surface area contributed by atoms with Gasteiger partial charge in [0.05, 0.1) is 10.9 Å². The van der Waals surface area contributed by atoms with Gasteiger partial charge < -0.3 is 19.9 Å². The molecule has 1 saturated heterocycles. The van der Waals surface area contributed by atoms with Gasteiger partial charge in [0.2, 0.25) is 15.9 Å². The number of fused-ring (bicyclic) bond motifs is 1. The molecule has 224 valence electrons. The van der Waals surface area contributed by atoms with Crippen LogP contribution < -0.4 is 4.72 Å². The van der Waals surface area contributed by atoms with Crippen molar-refractivity contribution < 1.29 is 23.1 Å². The highest BCUT2D eigenvalue weighted by Gasteiger charge is 2.38. The predicted molar refractivity (Wildman–Crippen MR) is 165 cm³/mol. The first-order valence-corrected chi connectivity index (χ1v) is 16.2. The second kappa shape index (κ2) is 11.9. The van der Waals surface area contributed by atoms with Crippen molar-refractivity contribution in [1.82, 2.24) is 19.5 Å². The summed E-state index contributed by atoms with van der Waals surface area (Å²) >= 11 is 0. The fraction of sp³-hybridized carbons (Fsp3) is 0.333. The number of piperazine rings is 1. The van der Waals surface area contributed by atoms with Crippen molar-refractivity contribution in [3.05, 3.63) is 90.0 Å². The number of nitrogens with zero attached hydrogens (tertiary/aromatic N) is 2. The molecular weight excluding hydrogens is 564 g/mol. The zero-order valence-corrected chi connectivity index (χ0v) is 24.9. The molecular formula is C33H36N4O5S. The number of carbonyl (C=O) groups is 2. The maximum atomic E-state index is 13.7. The van der Waals surface area contributed by atoms with Crippen LogP contribution in [0.4, 0.5) is 4.79 Å². The molecule has 0 bridgehead atoms. The molecule has 3 N–H and O–H groups in total. The van der Waals surface area contributed by atoms with Gasteiger partial charge in [-0.2, -0.15) is 0 Å².